The van der Waals surface area contributed by atoms with Gasteiger partial charge in [0.2, 0.25) is 0 Å². The van der Waals surface area contributed by atoms with Crippen LogP contribution in [0, 0.1) is 0 Å². The summed E-state index contributed by atoms with van der Waals surface area (Å²) < 4.78 is 0. The third kappa shape index (κ3) is 5.07. The summed E-state index contributed by atoms with van der Waals surface area (Å²) in [5, 5.41) is 0. The summed E-state index contributed by atoms with van der Waals surface area (Å²) in [5.74, 6) is 0. The third-order valence-electron chi connectivity index (χ3n) is 5.24. The van der Waals surface area contributed by atoms with Crippen LogP contribution in [0.25, 0.3) is 0 Å². The number of nitrogens with zero attached hydrogens (tertiary/aromatic N) is 1. The maximum atomic E-state index is 5.96. The van der Waals surface area contributed by atoms with Crippen molar-refractivity contribution in [3.8, 4) is 0 Å². The molecular formula is C17H34N2. The van der Waals surface area contributed by atoms with Crippen molar-refractivity contribution in [1.29, 1.82) is 0 Å². The Labute approximate surface area is 120 Å². The quantitative estimate of drug-likeness (QED) is 0.816. The Kier molecular flexibility index (Phi) is 7.23. The zero-order valence-corrected chi connectivity index (χ0v) is 12.8. The van der Waals surface area contributed by atoms with Gasteiger partial charge in [0.1, 0.15) is 0 Å². The second kappa shape index (κ2) is 8.97. The molecule has 1 aliphatic carbocycles. The van der Waals surface area contributed by atoms with E-state index in [1.165, 1.54) is 90.0 Å². The molecule has 0 aromatic carbocycles. The first kappa shape index (κ1) is 15.3. The Balaban J connectivity index is 1.83. The molecule has 1 heterocycles. The summed E-state index contributed by atoms with van der Waals surface area (Å²) in [6.45, 7) is 2.18. The smallest absolute Gasteiger partial charge is 0.0221 e. The van der Waals surface area contributed by atoms with Crippen molar-refractivity contribution in [2.75, 3.05) is 13.1 Å². The molecule has 1 unspecified atom stereocenters. The van der Waals surface area contributed by atoms with Crippen LogP contribution in [0.5, 0.6) is 0 Å². The van der Waals surface area contributed by atoms with E-state index in [-0.39, 0.29) is 0 Å². The molecule has 2 aliphatic rings. The van der Waals surface area contributed by atoms with Crippen LogP contribution < -0.4 is 5.73 Å². The molecule has 1 saturated heterocycles. The van der Waals surface area contributed by atoms with Crippen LogP contribution in [0.3, 0.4) is 0 Å². The summed E-state index contributed by atoms with van der Waals surface area (Å²) in [7, 11) is 0. The fraction of sp³-hybridized carbons (Fsp3) is 1.00. The van der Waals surface area contributed by atoms with Crippen molar-refractivity contribution < 1.29 is 0 Å². The van der Waals surface area contributed by atoms with E-state index in [4.69, 9.17) is 5.73 Å². The third-order valence-corrected chi connectivity index (χ3v) is 5.24. The Hall–Kier alpha value is -0.0800. The number of nitrogens with two attached hydrogens (primary N) is 1. The van der Waals surface area contributed by atoms with Crippen molar-refractivity contribution in [2.45, 2.75) is 95.6 Å². The van der Waals surface area contributed by atoms with Crippen LogP contribution >= 0.6 is 0 Å². The van der Waals surface area contributed by atoms with Crippen molar-refractivity contribution in [1.82, 2.24) is 4.90 Å². The first-order valence-electron chi connectivity index (χ1n) is 8.87. The maximum absolute atomic E-state index is 5.96. The molecule has 19 heavy (non-hydrogen) atoms. The van der Waals surface area contributed by atoms with Gasteiger partial charge in [-0.3, -0.25) is 4.90 Å². The Morgan fingerprint density at radius 2 is 1.21 bits per heavy atom. The van der Waals surface area contributed by atoms with Gasteiger partial charge in [0, 0.05) is 18.6 Å². The molecule has 112 valence electrons. The van der Waals surface area contributed by atoms with Crippen LogP contribution in [-0.4, -0.2) is 30.1 Å². The van der Waals surface area contributed by atoms with Gasteiger partial charge < -0.3 is 5.73 Å². The number of hydrogen-bond donors (Lipinski definition) is 1. The van der Waals surface area contributed by atoms with Crippen LogP contribution in [0.4, 0.5) is 0 Å². The molecule has 2 rings (SSSR count). The lowest BCUT2D eigenvalue weighted by molar-refractivity contribution is 0.158. The molecular weight excluding hydrogens is 232 g/mol. The van der Waals surface area contributed by atoms with Crippen LogP contribution in [0.2, 0.25) is 0 Å². The molecule has 1 saturated carbocycles. The van der Waals surface area contributed by atoms with Gasteiger partial charge in [0.15, 0.2) is 0 Å². The van der Waals surface area contributed by atoms with E-state index in [9.17, 15) is 0 Å². The van der Waals surface area contributed by atoms with Gasteiger partial charge in [-0.25, -0.2) is 0 Å². The van der Waals surface area contributed by atoms with E-state index in [1.807, 2.05) is 0 Å². The van der Waals surface area contributed by atoms with E-state index in [0.29, 0.717) is 6.04 Å². The molecule has 0 spiro atoms. The fourth-order valence-corrected chi connectivity index (χ4v) is 4.07. The van der Waals surface area contributed by atoms with Gasteiger partial charge in [-0.1, -0.05) is 57.8 Å². The molecule has 2 N–H and O–H groups in total. The Morgan fingerprint density at radius 1 is 0.684 bits per heavy atom. The van der Waals surface area contributed by atoms with Gasteiger partial charge >= 0.3 is 0 Å². The van der Waals surface area contributed by atoms with Crippen LogP contribution in [-0.2, 0) is 0 Å². The zero-order valence-electron chi connectivity index (χ0n) is 12.8. The summed E-state index contributed by atoms with van der Waals surface area (Å²) in [6.07, 6.45) is 18.7. The average Bonchev–Trinajstić information content (AvgIpc) is 2.87. The molecule has 0 aromatic heterocycles. The molecule has 0 aromatic rings. The van der Waals surface area contributed by atoms with E-state index in [1.54, 1.807) is 0 Å². The topological polar surface area (TPSA) is 29.3 Å². The van der Waals surface area contributed by atoms with Crippen molar-refractivity contribution in [2.24, 2.45) is 5.73 Å². The second-order valence-electron chi connectivity index (χ2n) is 6.68. The first-order valence-corrected chi connectivity index (χ1v) is 8.87. The first-order chi connectivity index (χ1) is 9.42. The van der Waals surface area contributed by atoms with Gasteiger partial charge in [-0.2, -0.15) is 0 Å². The molecule has 2 nitrogen and oxygen atoms in total. The monoisotopic (exact) mass is 266 g/mol. The standard InChI is InChI=1S/C17H34N2/c18-15-17-13-10-14-19(17)16-11-8-6-4-2-1-3-5-7-9-12-16/h16-17H,1-15,18H2. The summed E-state index contributed by atoms with van der Waals surface area (Å²) in [4.78, 5) is 2.77. The molecule has 1 atom stereocenters. The zero-order chi connectivity index (χ0) is 13.3. The molecule has 1 aliphatic heterocycles. The molecule has 2 heteroatoms. The highest BCUT2D eigenvalue weighted by molar-refractivity contribution is 4.85. The summed E-state index contributed by atoms with van der Waals surface area (Å²) in [5.41, 5.74) is 5.96. The number of likely N-dealkylation sites (tertiary alicyclic amines) is 1. The van der Waals surface area contributed by atoms with Crippen LogP contribution in [0.15, 0.2) is 0 Å². The lowest BCUT2D eigenvalue weighted by atomic mass is 9.96. The van der Waals surface area contributed by atoms with Gasteiger partial charge in [0.05, 0.1) is 0 Å². The van der Waals surface area contributed by atoms with Crippen molar-refractivity contribution in [3.05, 3.63) is 0 Å². The fourth-order valence-electron chi connectivity index (χ4n) is 4.07. The van der Waals surface area contributed by atoms with Crippen LogP contribution in [0.1, 0.15) is 83.5 Å². The minimum atomic E-state index is 0.693. The molecule has 0 bridgehead atoms. The van der Waals surface area contributed by atoms with E-state index in [0.717, 1.165) is 12.6 Å². The van der Waals surface area contributed by atoms with Crippen molar-refractivity contribution >= 4 is 0 Å². The highest BCUT2D eigenvalue weighted by Crippen LogP contribution is 2.26. The molecule has 0 radical (unpaired) electrons. The van der Waals surface area contributed by atoms with E-state index in [2.05, 4.69) is 4.90 Å². The lowest BCUT2D eigenvalue weighted by Gasteiger charge is -2.33. The molecule has 2 fully saturated rings. The Bertz CT molecular complexity index is 217. The van der Waals surface area contributed by atoms with E-state index >= 15 is 0 Å². The normalized spacial score (nSPS) is 29.8. The van der Waals surface area contributed by atoms with E-state index < -0.39 is 0 Å². The molecule has 0 amide bonds. The number of hydrogen-bond acceptors (Lipinski definition) is 2. The lowest BCUT2D eigenvalue weighted by Crippen LogP contribution is -2.42. The van der Waals surface area contributed by atoms with Gasteiger partial charge in [0.25, 0.3) is 0 Å². The predicted octanol–water partition coefficient (Wildman–Crippen LogP) is 4.08. The summed E-state index contributed by atoms with van der Waals surface area (Å²) >= 11 is 0. The van der Waals surface area contributed by atoms with Gasteiger partial charge in [-0.15, -0.1) is 0 Å². The highest BCUT2D eigenvalue weighted by Gasteiger charge is 2.28. The average molecular weight is 266 g/mol. The maximum Gasteiger partial charge on any atom is 0.0221 e. The Morgan fingerprint density at radius 3 is 1.74 bits per heavy atom. The minimum Gasteiger partial charge on any atom is -0.329 e. The second-order valence-corrected chi connectivity index (χ2v) is 6.68. The number of rotatable bonds is 2. The van der Waals surface area contributed by atoms with Crippen molar-refractivity contribution in [3.63, 3.8) is 0 Å². The predicted molar refractivity (Wildman–Crippen MR) is 83.4 cm³/mol. The largest absolute Gasteiger partial charge is 0.329 e. The minimum absolute atomic E-state index is 0.693. The highest BCUT2D eigenvalue weighted by atomic mass is 15.2. The SMILES string of the molecule is NCC1CCCN1C1CCCCCCCCCCC1. The summed E-state index contributed by atoms with van der Waals surface area (Å²) in [6, 6.07) is 1.54. The van der Waals surface area contributed by atoms with Gasteiger partial charge in [-0.05, 0) is 32.2 Å².